The SMILES string of the molecule is Cc1cc(=O)oc2cc(NC(=O)C(CCCN=C(N)N)NC(=O)C3CCCN3C(=O)C(N)Cc3ccccc3)ccc12. The van der Waals surface area contributed by atoms with E-state index in [0.717, 1.165) is 16.5 Å². The van der Waals surface area contributed by atoms with Gasteiger partial charge in [-0.1, -0.05) is 30.3 Å². The number of carbonyl (C=O) groups excluding carboxylic acids is 3. The molecule has 0 radical (unpaired) electrons. The topological polar surface area (TPSA) is 199 Å². The number of hydrogen-bond acceptors (Lipinski definition) is 7. The molecule has 12 nitrogen and oxygen atoms in total. The van der Waals surface area contributed by atoms with E-state index in [9.17, 15) is 19.2 Å². The van der Waals surface area contributed by atoms with Crippen molar-refractivity contribution < 1.29 is 18.8 Å². The number of nitrogens with two attached hydrogens (primary N) is 3. The molecule has 2 aromatic carbocycles. The summed E-state index contributed by atoms with van der Waals surface area (Å²) in [5.74, 6) is -1.29. The van der Waals surface area contributed by atoms with Crippen LogP contribution < -0.4 is 33.5 Å². The summed E-state index contributed by atoms with van der Waals surface area (Å²) in [6.45, 7) is 2.47. The van der Waals surface area contributed by atoms with Crippen LogP contribution in [-0.4, -0.2) is 59.8 Å². The second-order valence-corrected chi connectivity index (χ2v) is 10.4. The number of guanidine groups is 1. The van der Waals surface area contributed by atoms with E-state index in [4.69, 9.17) is 21.6 Å². The lowest BCUT2D eigenvalue weighted by molar-refractivity contribution is -0.140. The summed E-state index contributed by atoms with van der Waals surface area (Å²) in [4.78, 5) is 57.4. The third-order valence-corrected chi connectivity index (χ3v) is 7.25. The molecule has 1 saturated heterocycles. The van der Waals surface area contributed by atoms with Crippen molar-refractivity contribution in [2.75, 3.05) is 18.4 Å². The summed E-state index contributed by atoms with van der Waals surface area (Å²) in [6, 6.07) is 13.4. The van der Waals surface area contributed by atoms with Gasteiger partial charge in [-0.05, 0) is 62.3 Å². The molecule has 1 fully saturated rings. The zero-order valence-electron chi connectivity index (χ0n) is 23.5. The number of aryl methyl sites for hydroxylation is 1. The molecule has 1 aromatic heterocycles. The van der Waals surface area contributed by atoms with Crippen molar-refractivity contribution in [1.82, 2.24) is 10.2 Å². The monoisotopic (exact) mass is 575 g/mol. The predicted octanol–water partition coefficient (Wildman–Crippen LogP) is 1.14. The van der Waals surface area contributed by atoms with E-state index in [-0.39, 0.29) is 24.8 Å². The fourth-order valence-electron chi connectivity index (χ4n) is 5.14. The second kappa shape index (κ2) is 13.8. The van der Waals surface area contributed by atoms with Crippen LogP contribution in [0, 0.1) is 6.92 Å². The van der Waals surface area contributed by atoms with Crippen LogP contribution in [0.25, 0.3) is 11.0 Å². The minimum atomic E-state index is -0.942. The molecule has 4 rings (SSSR count). The molecule has 3 atom stereocenters. The molecular formula is C30H37N7O5. The maximum absolute atomic E-state index is 13.5. The van der Waals surface area contributed by atoms with E-state index >= 15 is 0 Å². The lowest BCUT2D eigenvalue weighted by atomic mass is 10.0. The maximum atomic E-state index is 13.5. The van der Waals surface area contributed by atoms with Crippen LogP contribution in [0.15, 0.2) is 68.8 Å². The Morgan fingerprint density at radius 2 is 1.88 bits per heavy atom. The van der Waals surface area contributed by atoms with E-state index < -0.39 is 35.6 Å². The summed E-state index contributed by atoms with van der Waals surface area (Å²) in [7, 11) is 0. The van der Waals surface area contributed by atoms with Gasteiger partial charge in [0.05, 0.1) is 6.04 Å². The van der Waals surface area contributed by atoms with Crippen molar-refractivity contribution in [3.8, 4) is 0 Å². The smallest absolute Gasteiger partial charge is 0.336 e. The van der Waals surface area contributed by atoms with Crippen molar-refractivity contribution in [2.45, 2.75) is 57.2 Å². The van der Waals surface area contributed by atoms with E-state index in [1.807, 2.05) is 30.3 Å². The zero-order valence-corrected chi connectivity index (χ0v) is 23.5. The number of fused-ring (bicyclic) bond motifs is 1. The van der Waals surface area contributed by atoms with Crippen LogP contribution in [0.3, 0.4) is 0 Å². The van der Waals surface area contributed by atoms with Crippen LogP contribution in [0.4, 0.5) is 5.69 Å². The highest BCUT2D eigenvalue weighted by atomic mass is 16.4. The average molecular weight is 576 g/mol. The molecule has 0 aliphatic carbocycles. The highest BCUT2D eigenvalue weighted by Crippen LogP contribution is 2.22. The van der Waals surface area contributed by atoms with Crippen molar-refractivity contribution in [2.24, 2.45) is 22.2 Å². The minimum absolute atomic E-state index is 0.0695. The number of carbonyl (C=O) groups is 3. The van der Waals surface area contributed by atoms with Gasteiger partial charge in [0.1, 0.15) is 17.7 Å². The number of hydrogen-bond donors (Lipinski definition) is 5. The Balaban J connectivity index is 1.46. The Labute approximate surface area is 243 Å². The van der Waals surface area contributed by atoms with Crippen molar-refractivity contribution in [3.63, 3.8) is 0 Å². The Kier molecular flexibility index (Phi) is 9.92. The van der Waals surface area contributed by atoms with Crippen LogP contribution in [0.1, 0.15) is 36.8 Å². The number of nitrogens with one attached hydrogen (secondary N) is 2. The van der Waals surface area contributed by atoms with Gasteiger partial charge in [-0.25, -0.2) is 4.79 Å². The van der Waals surface area contributed by atoms with Crippen LogP contribution in [-0.2, 0) is 20.8 Å². The van der Waals surface area contributed by atoms with E-state index in [1.165, 1.54) is 11.0 Å². The summed E-state index contributed by atoms with van der Waals surface area (Å²) < 4.78 is 5.29. The highest BCUT2D eigenvalue weighted by Gasteiger charge is 2.37. The summed E-state index contributed by atoms with van der Waals surface area (Å²) in [6.07, 6.45) is 2.11. The first kappa shape index (κ1) is 30.3. The van der Waals surface area contributed by atoms with Gasteiger partial charge in [-0.3, -0.25) is 19.4 Å². The third-order valence-electron chi connectivity index (χ3n) is 7.25. The molecule has 3 unspecified atom stereocenters. The molecule has 0 bridgehead atoms. The number of benzene rings is 2. The number of likely N-dealkylation sites (tertiary alicyclic amines) is 1. The summed E-state index contributed by atoms with van der Waals surface area (Å²) in [5.41, 5.74) is 19.0. The lowest BCUT2D eigenvalue weighted by Crippen LogP contribution is -2.54. The molecule has 1 aliphatic rings. The molecule has 0 saturated carbocycles. The first-order valence-corrected chi connectivity index (χ1v) is 13.9. The van der Waals surface area contributed by atoms with Gasteiger partial charge in [-0.2, -0.15) is 0 Å². The van der Waals surface area contributed by atoms with Crippen molar-refractivity contribution in [3.05, 3.63) is 76.1 Å². The quantitative estimate of drug-likeness (QED) is 0.0970. The molecule has 1 aliphatic heterocycles. The molecule has 0 spiro atoms. The van der Waals surface area contributed by atoms with E-state index in [0.29, 0.717) is 43.5 Å². The largest absolute Gasteiger partial charge is 0.423 e. The Hall–Kier alpha value is -4.71. The van der Waals surface area contributed by atoms with Crippen molar-refractivity contribution >= 4 is 40.3 Å². The van der Waals surface area contributed by atoms with Gasteiger partial charge in [0, 0.05) is 36.3 Å². The fourth-order valence-corrected chi connectivity index (χ4v) is 5.14. The summed E-state index contributed by atoms with van der Waals surface area (Å²) >= 11 is 0. The third kappa shape index (κ3) is 7.72. The van der Waals surface area contributed by atoms with Crippen LogP contribution >= 0.6 is 0 Å². The molecule has 12 heteroatoms. The normalized spacial score (nSPS) is 16.0. The number of aliphatic imine (C=N–C) groups is 1. The number of nitrogens with zero attached hydrogens (tertiary/aromatic N) is 2. The van der Waals surface area contributed by atoms with Gasteiger partial charge in [0.25, 0.3) is 0 Å². The van der Waals surface area contributed by atoms with Crippen LogP contribution in [0.2, 0.25) is 0 Å². The molecule has 3 amide bonds. The van der Waals surface area contributed by atoms with E-state index in [2.05, 4.69) is 15.6 Å². The second-order valence-electron chi connectivity index (χ2n) is 10.4. The molecule has 42 heavy (non-hydrogen) atoms. The van der Waals surface area contributed by atoms with Gasteiger partial charge in [0.15, 0.2) is 5.96 Å². The van der Waals surface area contributed by atoms with Gasteiger partial charge in [-0.15, -0.1) is 0 Å². The predicted molar refractivity (Wildman–Crippen MR) is 161 cm³/mol. The Morgan fingerprint density at radius 3 is 2.62 bits per heavy atom. The zero-order chi connectivity index (χ0) is 30.2. The molecule has 2 heterocycles. The Bertz CT molecular complexity index is 1520. The van der Waals surface area contributed by atoms with E-state index in [1.54, 1.807) is 25.1 Å². The fraction of sp³-hybridized carbons (Fsp3) is 0.367. The first-order valence-electron chi connectivity index (χ1n) is 13.9. The van der Waals surface area contributed by atoms with Crippen LogP contribution in [0.5, 0.6) is 0 Å². The summed E-state index contributed by atoms with van der Waals surface area (Å²) in [5, 5.41) is 6.36. The average Bonchev–Trinajstić information content (AvgIpc) is 3.44. The molecule has 222 valence electrons. The highest BCUT2D eigenvalue weighted by molar-refractivity contribution is 6.00. The molecule has 3 aromatic rings. The number of amides is 3. The number of rotatable bonds is 11. The lowest BCUT2D eigenvalue weighted by Gasteiger charge is -2.28. The maximum Gasteiger partial charge on any atom is 0.336 e. The number of anilines is 1. The Morgan fingerprint density at radius 1 is 1.12 bits per heavy atom. The van der Waals surface area contributed by atoms with Gasteiger partial charge < -0.3 is 37.2 Å². The molecule has 8 N–H and O–H groups in total. The molecular weight excluding hydrogens is 538 g/mol. The van der Waals surface area contributed by atoms with Gasteiger partial charge in [0.2, 0.25) is 17.7 Å². The first-order chi connectivity index (χ1) is 20.1. The van der Waals surface area contributed by atoms with Crippen molar-refractivity contribution in [1.29, 1.82) is 0 Å². The minimum Gasteiger partial charge on any atom is -0.423 e. The standard InChI is InChI=1S/C30H37N7O5/c1-18-15-26(38)42-25-17-20(11-12-21(18)25)35-27(39)23(9-5-13-34-30(32)33)36-28(40)24-10-6-14-37(24)29(41)22(31)16-19-7-3-2-4-8-19/h2-4,7-8,11-12,15,17,22-24H,5-6,9-10,13-14,16,31H2,1H3,(H,35,39)(H,36,40)(H4,32,33,34). The van der Waals surface area contributed by atoms with Gasteiger partial charge >= 0.3 is 5.63 Å².